The van der Waals surface area contributed by atoms with Crippen LogP contribution in [0.4, 0.5) is 5.69 Å². The second-order valence-corrected chi connectivity index (χ2v) is 6.48. The third-order valence-electron chi connectivity index (χ3n) is 2.86. The van der Waals surface area contributed by atoms with Crippen LogP contribution in [0, 0.1) is 4.91 Å². The fraction of sp³-hybridized carbons (Fsp3) is 0.571. The van der Waals surface area contributed by atoms with E-state index in [2.05, 4.69) is 25.9 Å². The molecular formula is C14H21NO2. The van der Waals surface area contributed by atoms with Crippen LogP contribution in [-0.2, 0) is 10.8 Å². The molecule has 0 saturated heterocycles. The molecule has 0 amide bonds. The molecule has 1 N–H and O–H groups in total. The zero-order chi connectivity index (χ0) is 13.4. The van der Waals surface area contributed by atoms with Crippen LogP contribution in [0.15, 0.2) is 17.3 Å². The summed E-state index contributed by atoms with van der Waals surface area (Å²) in [6.07, 6.45) is 0. The number of hydrogen-bond acceptors (Lipinski definition) is 3. The SMILES string of the molecule is CC(C)(C)c1cc(N=O)c(O)c(C(C)(C)C)c1. The molecule has 0 unspecified atom stereocenters. The molecular weight excluding hydrogens is 214 g/mol. The Hall–Kier alpha value is -1.38. The Bertz CT molecular complexity index is 437. The maximum Gasteiger partial charge on any atom is 0.150 e. The summed E-state index contributed by atoms with van der Waals surface area (Å²) in [7, 11) is 0. The number of phenolic OH excluding ortho intramolecular Hbond substituents is 1. The Balaban J connectivity index is 3.56. The predicted octanol–water partition coefficient (Wildman–Crippen LogP) is 4.39. The summed E-state index contributed by atoms with van der Waals surface area (Å²) >= 11 is 0. The molecule has 0 heterocycles. The predicted molar refractivity (Wildman–Crippen MR) is 71.0 cm³/mol. The van der Waals surface area contributed by atoms with E-state index in [0.717, 1.165) is 11.1 Å². The second-order valence-electron chi connectivity index (χ2n) is 6.48. The average molecular weight is 235 g/mol. The highest BCUT2D eigenvalue weighted by Crippen LogP contribution is 2.41. The van der Waals surface area contributed by atoms with Gasteiger partial charge in [0, 0.05) is 5.56 Å². The molecule has 0 bridgehead atoms. The summed E-state index contributed by atoms with van der Waals surface area (Å²) < 4.78 is 0. The number of aromatic hydroxyl groups is 1. The molecule has 0 atom stereocenters. The summed E-state index contributed by atoms with van der Waals surface area (Å²) in [5.41, 5.74) is 1.61. The van der Waals surface area contributed by atoms with Crippen LogP contribution in [0.5, 0.6) is 5.75 Å². The molecule has 3 heteroatoms. The van der Waals surface area contributed by atoms with Crippen molar-refractivity contribution in [3.05, 3.63) is 28.2 Å². The van der Waals surface area contributed by atoms with Gasteiger partial charge >= 0.3 is 0 Å². The van der Waals surface area contributed by atoms with Crippen molar-refractivity contribution in [2.75, 3.05) is 0 Å². The van der Waals surface area contributed by atoms with Crippen LogP contribution >= 0.6 is 0 Å². The highest BCUT2D eigenvalue weighted by Gasteiger charge is 2.25. The normalized spacial score (nSPS) is 12.6. The molecule has 1 aromatic carbocycles. The highest BCUT2D eigenvalue weighted by molar-refractivity contribution is 5.60. The molecule has 0 aliphatic carbocycles. The van der Waals surface area contributed by atoms with Gasteiger partial charge in [-0.05, 0) is 27.6 Å². The van der Waals surface area contributed by atoms with Crippen molar-refractivity contribution in [3.63, 3.8) is 0 Å². The molecule has 0 saturated carbocycles. The van der Waals surface area contributed by atoms with Crippen molar-refractivity contribution in [2.24, 2.45) is 5.18 Å². The van der Waals surface area contributed by atoms with Crippen molar-refractivity contribution in [3.8, 4) is 5.75 Å². The molecule has 94 valence electrons. The monoisotopic (exact) mass is 235 g/mol. The van der Waals surface area contributed by atoms with Crippen molar-refractivity contribution < 1.29 is 5.11 Å². The largest absolute Gasteiger partial charge is 0.505 e. The maximum absolute atomic E-state index is 10.8. The van der Waals surface area contributed by atoms with E-state index in [1.165, 1.54) is 0 Å². The lowest BCUT2D eigenvalue weighted by Crippen LogP contribution is -2.16. The van der Waals surface area contributed by atoms with Gasteiger partial charge in [-0.2, -0.15) is 0 Å². The van der Waals surface area contributed by atoms with Crippen LogP contribution in [-0.4, -0.2) is 5.11 Å². The van der Waals surface area contributed by atoms with Gasteiger partial charge in [-0.3, -0.25) is 0 Å². The lowest BCUT2D eigenvalue weighted by Gasteiger charge is -2.26. The highest BCUT2D eigenvalue weighted by atomic mass is 16.3. The molecule has 0 aliphatic rings. The lowest BCUT2D eigenvalue weighted by molar-refractivity contribution is 0.446. The van der Waals surface area contributed by atoms with E-state index in [1.54, 1.807) is 6.07 Å². The minimum absolute atomic E-state index is 0.000463. The van der Waals surface area contributed by atoms with Gasteiger partial charge in [-0.1, -0.05) is 47.6 Å². The number of nitrogens with zero attached hydrogens (tertiary/aromatic N) is 1. The third-order valence-corrected chi connectivity index (χ3v) is 2.86. The Morgan fingerprint density at radius 2 is 1.53 bits per heavy atom. The first-order valence-corrected chi connectivity index (χ1v) is 5.78. The first-order chi connectivity index (χ1) is 7.57. The maximum atomic E-state index is 10.8. The summed E-state index contributed by atoms with van der Waals surface area (Å²) in [5.74, 6) is 0.000463. The van der Waals surface area contributed by atoms with Crippen molar-refractivity contribution in [1.82, 2.24) is 0 Å². The second kappa shape index (κ2) is 4.13. The first kappa shape index (κ1) is 13.7. The first-order valence-electron chi connectivity index (χ1n) is 5.78. The van der Waals surface area contributed by atoms with Crippen LogP contribution in [0.2, 0.25) is 0 Å². The van der Waals surface area contributed by atoms with Crippen LogP contribution in [0.25, 0.3) is 0 Å². The van der Waals surface area contributed by atoms with Gasteiger partial charge in [0.05, 0.1) is 0 Å². The van der Waals surface area contributed by atoms with Crippen molar-refractivity contribution in [1.29, 1.82) is 0 Å². The van der Waals surface area contributed by atoms with E-state index in [1.807, 2.05) is 26.8 Å². The van der Waals surface area contributed by atoms with E-state index in [-0.39, 0.29) is 22.3 Å². The van der Waals surface area contributed by atoms with Crippen molar-refractivity contribution in [2.45, 2.75) is 52.4 Å². The Morgan fingerprint density at radius 3 is 1.88 bits per heavy atom. The van der Waals surface area contributed by atoms with E-state index in [0.29, 0.717) is 0 Å². The number of hydrogen-bond donors (Lipinski definition) is 1. The number of nitroso groups, excluding NO2 is 1. The minimum atomic E-state index is -0.217. The molecule has 0 fully saturated rings. The molecule has 1 rings (SSSR count). The Morgan fingerprint density at radius 1 is 1.00 bits per heavy atom. The van der Waals surface area contributed by atoms with Crippen molar-refractivity contribution >= 4 is 5.69 Å². The molecule has 0 radical (unpaired) electrons. The number of rotatable bonds is 1. The molecule has 1 aromatic rings. The molecule has 0 aromatic heterocycles. The van der Waals surface area contributed by atoms with Gasteiger partial charge in [0.1, 0.15) is 11.4 Å². The fourth-order valence-corrected chi connectivity index (χ4v) is 1.69. The van der Waals surface area contributed by atoms with Gasteiger partial charge in [0.25, 0.3) is 0 Å². The number of phenols is 1. The fourth-order valence-electron chi connectivity index (χ4n) is 1.69. The quantitative estimate of drug-likeness (QED) is 0.734. The minimum Gasteiger partial charge on any atom is -0.505 e. The van der Waals surface area contributed by atoms with Crippen LogP contribution < -0.4 is 0 Å². The number of benzene rings is 1. The van der Waals surface area contributed by atoms with E-state index < -0.39 is 0 Å². The van der Waals surface area contributed by atoms with Gasteiger partial charge in [0.15, 0.2) is 0 Å². The average Bonchev–Trinajstić information content (AvgIpc) is 2.14. The third kappa shape index (κ3) is 2.84. The molecule has 0 aliphatic heterocycles. The lowest BCUT2D eigenvalue weighted by atomic mass is 9.80. The zero-order valence-corrected chi connectivity index (χ0v) is 11.5. The molecule has 17 heavy (non-hydrogen) atoms. The Kier molecular flexibility index (Phi) is 3.33. The summed E-state index contributed by atoms with van der Waals surface area (Å²) in [5, 5.41) is 12.9. The molecule has 3 nitrogen and oxygen atoms in total. The topological polar surface area (TPSA) is 49.7 Å². The van der Waals surface area contributed by atoms with Crippen LogP contribution in [0.1, 0.15) is 52.7 Å². The van der Waals surface area contributed by atoms with Crippen LogP contribution in [0.3, 0.4) is 0 Å². The van der Waals surface area contributed by atoms with Gasteiger partial charge in [-0.25, -0.2) is 0 Å². The standard InChI is InChI=1S/C14H21NO2/c1-13(2,3)9-7-10(14(4,5)6)12(16)11(8-9)15-17/h7-8,16H,1-6H3. The smallest absolute Gasteiger partial charge is 0.150 e. The zero-order valence-electron chi connectivity index (χ0n) is 11.5. The van der Waals surface area contributed by atoms with E-state index in [9.17, 15) is 10.0 Å². The molecule has 0 spiro atoms. The summed E-state index contributed by atoms with van der Waals surface area (Å²) in [6, 6.07) is 3.63. The Labute approximate surface area is 103 Å². The summed E-state index contributed by atoms with van der Waals surface area (Å²) in [4.78, 5) is 10.8. The van der Waals surface area contributed by atoms with E-state index >= 15 is 0 Å². The van der Waals surface area contributed by atoms with Gasteiger partial charge in [0.2, 0.25) is 0 Å². The summed E-state index contributed by atoms with van der Waals surface area (Å²) in [6.45, 7) is 12.2. The van der Waals surface area contributed by atoms with Gasteiger partial charge in [-0.15, -0.1) is 4.91 Å². The van der Waals surface area contributed by atoms with E-state index in [4.69, 9.17) is 0 Å². The van der Waals surface area contributed by atoms with Gasteiger partial charge < -0.3 is 5.11 Å².